The predicted molar refractivity (Wildman–Crippen MR) is 68.0 cm³/mol. The van der Waals surface area contributed by atoms with Gasteiger partial charge in [0.1, 0.15) is 5.75 Å². The molecule has 18 heavy (non-hydrogen) atoms. The van der Waals surface area contributed by atoms with Crippen LogP contribution in [-0.4, -0.2) is 17.2 Å². The lowest BCUT2D eigenvalue weighted by Crippen LogP contribution is -1.94. The van der Waals surface area contributed by atoms with Gasteiger partial charge in [-0.15, -0.1) is 0 Å². The van der Waals surface area contributed by atoms with Crippen LogP contribution in [0.25, 0.3) is 0 Å². The van der Waals surface area contributed by atoms with E-state index in [1.54, 1.807) is 43.8 Å². The Morgan fingerprint density at radius 2 is 2.00 bits per heavy atom. The fourth-order valence-corrected chi connectivity index (χ4v) is 1.59. The van der Waals surface area contributed by atoms with Crippen LogP contribution in [0.15, 0.2) is 36.7 Å². The van der Waals surface area contributed by atoms with Crippen LogP contribution in [0.5, 0.6) is 17.2 Å². The summed E-state index contributed by atoms with van der Waals surface area (Å²) in [4.78, 5) is 4.01. The summed E-state index contributed by atoms with van der Waals surface area (Å²) in [6.45, 7) is 1.90. The molecule has 0 spiro atoms. The molecule has 0 fully saturated rings. The van der Waals surface area contributed by atoms with E-state index in [2.05, 4.69) is 4.98 Å². The largest absolute Gasteiger partial charge is 0.493 e. The van der Waals surface area contributed by atoms with Crippen molar-refractivity contribution < 1.29 is 14.6 Å². The minimum Gasteiger partial charge on any atom is -0.493 e. The molecule has 0 bridgehead atoms. The third-order valence-electron chi connectivity index (χ3n) is 2.60. The molecule has 0 radical (unpaired) electrons. The van der Waals surface area contributed by atoms with Gasteiger partial charge in [-0.2, -0.15) is 0 Å². The average Bonchev–Trinajstić information content (AvgIpc) is 2.41. The summed E-state index contributed by atoms with van der Waals surface area (Å²) < 4.78 is 11.0. The Morgan fingerprint density at radius 3 is 2.67 bits per heavy atom. The normalized spacial score (nSPS) is 10.2. The van der Waals surface area contributed by atoms with Crippen molar-refractivity contribution in [1.29, 1.82) is 0 Å². The molecule has 2 aromatic rings. The number of nitrogens with zero attached hydrogens (tertiary/aromatic N) is 1. The van der Waals surface area contributed by atoms with E-state index in [9.17, 15) is 0 Å². The Bertz CT molecular complexity index is 540. The fourth-order valence-electron chi connectivity index (χ4n) is 1.59. The van der Waals surface area contributed by atoms with E-state index in [0.717, 1.165) is 16.9 Å². The third kappa shape index (κ3) is 2.60. The first-order valence-corrected chi connectivity index (χ1v) is 5.61. The first-order valence-electron chi connectivity index (χ1n) is 5.61. The number of rotatable bonds is 4. The van der Waals surface area contributed by atoms with E-state index in [4.69, 9.17) is 14.6 Å². The van der Waals surface area contributed by atoms with Gasteiger partial charge in [-0.25, -0.2) is 0 Å². The molecular weight excluding hydrogens is 230 g/mol. The molecule has 1 heterocycles. The lowest BCUT2D eigenvalue weighted by Gasteiger charge is -2.12. The van der Waals surface area contributed by atoms with Crippen LogP contribution in [0.2, 0.25) is 0 Å². The number of hydrogen-bond donors (Lipinski definition) is 1. The van der Waals surface area contributed by atoms with Crippen molar-refractivity contribution >= 4 is 0 Å². The molecular formula is C14H15NO3. The SMILES string of the molecule is COc1cc(CO)ccc1Oc1ccncc1C. The van der Waals surface area contributed by atoms with Crippen molar-refractivity contribution in [3.8, 4) is 17.2 Å². The molecule has 2 rings (SSSR count). The summed E-state index contributed by atoms with van der Waals surface area (Å²) in [7, 11) is 1.57. The van der Waals surface area contributed by atoms with Gasteiger partial charge in [0.2, 0.25) is 0 Å². The Hall–Kier alpha value is -2.07. The van der Waals surface area contributed by atoms with Crippen molar-refractivity contribution in [3.63, 3.8) is 0 Å². The van der Waals surface area contributed by atoms with Crippen molar-refractivity contribution in [2.45, 2.75) is 13.5 Å². The van der Waals surface area contributed by atoms with Gasteiger partial charge in [-0.05, 0) is 30.7 Å². The monoisotopic (exact) mass is 245 g/mol. The number of hydrogen-bond acceptors (Lipinski definition) is 4. The molecule has 4 heteroatoms. The van der Waals surface area contributed by atoms with E-state index >= 15 is 0 Å². The summed E-state index contributed by atoms with van der Waals surface area (Å²) in [5.41, 5.74) is 1.73. The van der Waals surface area contributed by atoms with E-state index in [-0.39, 0.29) is 6.61 Å². The first-order chi connectivity index (χ1) is 8.74. The second kappa shape index (κ2) is 5.51. The number of aryl methyl sites for hydroxylation is 1. The van der Waals surface area contributed by atoms with Gasteiger partial charge < -0.3 is 14.6 Å². The topological polar surface area (TPSA) is 51.6 Å². The Balaban J connectivity index is 2.32. The first kappa shape index (κ1) is 12.4. The standard InChI is InChI=1S/C14H15NO3/c1-10-8-15-6-5-12(10)18-13-4-3-11(9-16)7-14(13)17-2/h3-8,16H,9H2,1-2H3. The minimum absolute atomic E-state index is 0.0229. The zero-order valence-corrected chi connectivity index (χ0v) is 10.4. The highest BCUT2D eigenvalue weighted by Crippen LogP contribution is 2.33. The lowest BCUT2D eigenvalue weighted by molar-refractivity contribution is 0.280. The van der Waals surface area contributed by atoms with Gasteiger partial charge in [0.15, 0.2) is 11.5 Å². The van der Waals surface area contributed by atoms with E-state index in [0.29, 0.717) is 11.5 Å². The number of ether oxygens (including phenoxy) is 2. The molecule has 0 aliphatic carbocycles. The van der Waals surface area contributed by atoms with E-state index in [1.165, 1.54) is 0 Å². The highest BCUT2D eigenvalue weighted by Gasteiger charge is 2.08. The van der Waals surface area contributed by atoms with Crippen LogP contribution < -0.4 is 9.47 Å². The van der Waals surface area contributed by atoms with Gasteiger partial charge in [0, 0.05) is 18.0 Å². The number of aliphatic hydroxyl groups excluding tert-OH is 1. The maximum absolute atomic E-state index is 9.08. The zero-order valence-electron chi connectivity index (χ0n) is 10.4. The highest BCUT2D eigenvalue weighted by atomic mass is 16.5. The summed E-state index contributed by atoms with van der Waals surface area (Å²) in [6.07, 6.45) is 3.42. The molecule has 1 aromatic carbocycles. The van der Waals surface area contributed by atoms with Gasteiger partial charge >= 0.3 is 0 Å². The Kier molecular flexibility index (Phi) is 3.79. The van der Waals surface area contributed by atoms with Crippen LogP contribution >= 0.6 is 0 Å². The highest BCUT2D eigenvalue weighted by molar-refractivity contribution is 5.46. The number of pyridine rings is 1. The van der Waals surface area contributed by atoms with Crippen LogP contribution in [0.3, 0.4) is 0 Å². The molecule has 1 aromatic heterocycles. The van der Waals surface area contributed by atoms with Crippen molar-refractivity contribution in [2.75, 3.05) is 7.11 Å². The van der Waals surface area contributed by atoms with Crippen LogP contribution in [0.4, 0.5) is 0 Å². The maximum Gasteiger partial charge on any atom is 0.169 e. The number of methoxy groups -OCH3 is 1. The van der Waals surface area contributed by atoms with Gasteiger partial charge in [0.25, 0.3) is 0 Å². The van der Waals surface area contributed by atoms with Crippen LogP contribution in [0.1, 0.15) is 11.1 Å². The minimum atomic E-state index is -0.0229. The molecule has 0 saturated carbocycles. The molecule has 1 N–H and O–H groups in total. The zero-order chi connectivity index (χ0) is 13.0. The summed E-state index contributed by atoms with van der Waals surface area (Å²) in [5.74, 6) is 1.95. The van der Waals surface area contributed by atoms with E-state index < -0.39 is 0 Å². The van der Waals surface area contributed by atoms with Crippen molar-refractivity contribution in [2.24, 2.45) is 0 Å². The van der Waals surface area contributed by atoms with Crippen molar-refractivity contribution in [1.82, 2.24) is 4.98 Å². The van der Waals surface area contributed by atoms with Gasteiger partial charge in [-0.3, -0.25) is 4.98 Å². The van der Waals surface area contributed by atoms with Gasteiger partial charge in [0.05, 0.1) is 13.7 Å². The molecule has 0 aliphatic heterocycles. The number of aromatic nitrogens is 1. The van der Waals surface area contributed by atoms with Gasteiger partial charge in [-0.1, -0.05) is 6.07 Å². The number of benzene rings is 1. The van der Waals surface area contributed by atoms with Crippen LogP contribution in [-0.2, 0) is 6.61 Å². The summed E-state index contributed by atoms with van der Waals surface area (Å²) in [6, 6.07) is 7.14. The number of aliphatic hydroxyl groups is 1. The summed E-state index contributed by atoms with van der Waals surface area (Å²) >= 11 is 0. The molecule has 0 atom stereocenters. The van der Waals surface area contributed by atoms with Crippen LogP contribution in [0, 0.1) is 6.92 Å². The molecule has 0 unspecified atom stereocenters. The molecule has 0 saturated heterocycles. The lowest BCUT2D eigenvalue weighted by atomic mass is 10.2. The fraction of sp³-hybridized carbons (Fsp3) is 0.214. The molecule has 4 nitrogen and oxygen atoms in total. The summed E-state index contributed by atoms with van der Waals surface area (Å²) in [5, 5.41) is 9.08. The Morgan fingerprint density at radius 1 is 1.17 bits per heavy atom. The van der Waals surface area contributed by atoms with E-state index in [1.807, 2.05) is 6.92 Å². The molecule has 94 valence electrons. The third-order valence-corrected chi connectivity index (χ3v) is 2.60. The second-order valence-corrected chi connectivity index (χ2v) is 3.89. The molecule has 0 aliphatic rings. The second-order valence-electron chi connectivity index (χ2n) is 3.89. The smallest absolute Gasteiger partial charge is 0.169 e. The van der Waals surface area contributed by atoms with Crippen molar-refractivity contribution in [3.05, 3.63) is 47.8 Å². The predicted octanol–water partition coefficient (Wildman–Crippen LogP) is 2.68. The molecule has 0 amide bonds. The Labute approximate surface area is 106 Å². The maximum atomic E-state index is 9.08. The quantitative estimate of drug-likeness (QED) is 0.899. The average molecular weight is 245 g/mol.